The van der Waals surface area contributed by atoms with E-state index in [1.807, 2.05) is 7.05 Å². The van der Waals surface area contributed by atoms with Crippen LogP contribution in [0.2, 0.25) is 0 Å². The average molecular weight is 473 g/mol. The van der Waals surface area contributed by atoms with Crippen LogP contribution in [0, 0.1) is 6.92 Å². The van der Waals surface area contributed by atoms with Crippen LogP contribution in [0.4, 0.5) is 5.69 Å². The zero-order chi connectivity index (χ0) is 18.2. The van der Waals surface area contributed by atoms with Gasteiger partial charge in [0.15, 0.2) is 5.96 Å². The van der Waals surface area contributed by atoms with E-state index in [0.717, 1.165) is 45.1 Å². The van der Waals surface area contributed by atoms with Gasteiger partial charge in [0.05, 0.1) is 0 Å². The number of nitrogens with zero attached hydrogens (tertiary/aromatic N) is 3. The van der Waals surface area contributed by atoms with Gasteiger partial charge < -0.3 is 15.5 Å². The Morgan fingerprint density at radius 3 is 2.58 bits per heavy atom. The summed E-state index contributed by atoms with van der Waals surface area (Å²) in [7, 11) is 1.85. The van der Waals surface area contributed by atoms with Crippen LogP contribution in [0.5, 0.6) is 0 Å². The van der Waals surface area contributed by atoms with Crippen LogP contribution in [-0.2, 0) is 0 Å². The summed E-state index contributed by atoms with van der Waals surface area (Å²) in [5, 5.41) is 7.03. The molecule has 1 fully saturated rings. The Balaban J connectivity index is 0.00000338. The molecule has 0 amide bonds. The number of anilines is 1. The Labute approximate surface area is 176 Å². The van der Waals surface area contributed by atoms with Gasteiger partial charge in [0.1, 0.15) is 0 Å². The summed E-state index contributed by atoms with van der Waals surface area (Å²) < 4.78 is 0. The Morgan fingerprint density at radius 2 is 2.00 bits per heavy atom. The molecule has 1 saturated heterocycles. The van der Waals surface area contributed by atoms with Gasteiger partial charge in [-0.2, -0.15) is 0 Å². The van der Waals surface area contributed by atoms with E-state index < -0.39 is 0 Å². The summed E-state index contributed by atoms with van der Waals surface area (Å²) in [6.07, 6.45) is 1.14. The zero-order valence-electron chi connectivity index (χ0n) is 17.0. The summed E-state index contributed by atoms with van der Waals surface area (Å²) in [5.41, 5.74) is 2.62. The van der Waals surface area contributed by atoms with Crippen molar-refractivity contribution in [2.24, 2.45) is 4.99 Å². The first-order valence-electron chi connectivity index (χ1n) is 9.56. The summed E-state index contributed by atoms with van der Waals surface area (Å²) >= 11 is 0. The second kappa shape index (κ2) is 11.6. The predicted molar refractivity (Wildman–Crippen MR) is 124 cm³/mol. The first-order valence-corrected chi connectivity index (χ1v) is 9.56. The van der Waals surface area contributed by atoms with Crippen molar-refractivity contribution < 1.29 is 0 Å². The van der Waals surface area contributed by atoms with Gasteiger partial charge in [0.25, 0.3) is 0 Å². The van der Waals surface area contributed by atoms with Gasteiger partial charge in [-0.05, 0) is 45.9 Å². The maximum Gasteiger partial charge on any atom is 0.191 e. The maximum absolute atomic E-state index is 4.39. The fraction of sp³-hybridized carbons (Fsp3) is 0.650. The van der Waals surface area contributed by atoms with Gasteiger partial charge in [-0.15, -0.1) is 24.0 Å². The molecule has 2 N–H and O–H groups in total. The molecule has 1 atom stereocenters. The SMILES string of the molecule is CCN(CCNC(=NC)NC1CCN(c2ccc(C)cc2)C1)C(C)C.I. The number of likely N-dealkylation sites (N-methyl/N-ethyl adjacent to an activating group) is 1. The number of hydrogen-bond donors (Lipinski definition) is 2. The van der Waals surface area contributed by atoms with Crippen molar-refractivity contribution >= 4 is 35.6 Å². The molecule has 1 aliphatic heterocycles. The summed E-state index contributed by atoms with van der Waals surface area (Å²) in [6, 6.07) is 9.83. The van der Waals surface area contributed by atoms with Crippen LogP contribution in [0.15, 0.2) is 29.3 Å². The Hall–Kier alpha value is -1.02. The highest BCUT2D eigenvalue weighted by molar-refractivity contribution is 14.0. The molecule has 148 valence electrons. The summed E-state index contributed by atoms with van der Waals surface area (Å²) in [6.45, 7) is 14.0. The number of aliphatic imine (C=N–C) groups is 1. The van der Waals surface area contributed by atoms with E-state index in [-0.39, 0.29) is 24.0 Å². The van der Waals surface area contributed by atoms with Crippen LogP contribution in [0.3, 0.4) is 0 Å². The Kier molecular flexibility index (Phi) is 10.3. The van der Waals surface area contributed by atoms with Crippen LogP contribution < -0.4 is 15.5 Å². The van der Waals surface area contributed by atoms with Gasteiger partial charge >= 0.3 is 0 Å². The van der Waals surface area contributed by atoms with E-state index in [9.17, 15) is 0 Å². The molecule has 0 saturated carbocycles. The van der Waals surface area contributed by atoms with E-state index in [0.29, 0.717) is 12.1 Å². The molecule has 1 aromatic carbocycles. The normalized spacial score (nSPS) is 17.6. The molecule has 1 heterocycles. The minimum absolute atomic E-state index is 0. The average Bonchev–Trinajstić information content (AvgIpc) is 3.06. The molecular formula is C20H36IN5. The maximum atomic E-state index is 4.39. The number of nitrogens with one attached hydrogen (secondary N) is 2. The number of rotatable bonds is 7. The molecular weight excluding hydrogens is 437 g/mol. The lowest BCUT2D eigenvalue weighted by Gasteiger charge is -2.25. The van der Waals surface area contributed by atoms with E-state index in [2.05, 4.69) is 77.4 Å². The van der Waals surface area contributed by atoms with Crippen molar-refractivity contribution in [2.75, 3.05) is 44.7 Å². The third-order valence-corrected chi connectivity index (χ3v) is 4.98. The van der Waals surface area contributed by atoms with E-state index in [1.54, 1.807) is 0 Å². The van der Waals surface area contributed by atoms with Gasteiger partial charge in [-0.3, -0.25) is 9.89 Å². The molecule has 0 bridgehead atoms. The van der Waals surface area contributed by atoms with Gasteiger partial charge in [0.2, 0.25) is 0 Å². The third kappa shape index (κ3) is 6.95. The third-order valence-electron chi connectivity index (χ3n) is 4.98. The smallest absolute Gasteiger partial charge is 0.191 e. The first-order chi connectivity index (χ1) is 12.0. The summed E-state index contributed by atoms with van der Waals surface area (Å²) in [5.74, 6) is 0.913. The second-order valence-electron chi connectivity index (χ2n) is 7.13. The number of hydrogen-bond acceptors (Lipinski definition) is 3. The highest BCUT2D eigenvalue weighted by Gasteiger charge is 2.23. The van der Waals surface area contributed by atoms with Crippen molar-refractivity contribution in [1.29, 1.82) is 0 Å². The fourth-order valence-electron chi connectivity index (χ4n) is 3.36. The van der Waals surface area contributed by atoms with Gasteiger partial charge in [-0.25, -0.2) is 0 Å². The zero-order valence-corrected chi connectivity index (χ0v) is 19.3. The van der Waals surface area contributed by atoms with E-state index >= 15 is 0 Å². The first kappa shape index (κ1) is 23.0. The predicted octanol–water partition coefficient (Wildman–Crippen LogP) is 3.09. The number of aryl methyl sites for hydroxylation is 1. The minimum atomic E-state index is 0. The van der Waals surface area contributed by atoms with E-state index in [1.165, 1.54) is 11.3 Å². The van der Waals surface area contributed by atoms with Crippen LogP contribution in [0.25, 0.3) is 0 Å². The molecule has 26 heavy (non-hydrogen) atoms. The highest BCUT2D eigenvalue weighted by atomic mass is 127. The van der Waals surface area contributed by atoms with Crippen LogP contribution in [-0.4, -0.2) is 62.7 Å². The number of halogens is 1. The fourth-order valence-corrected chi connectivity index (χ4v) is 3.36. The molecule has 2 rings (SSSR count). The Morgan fingerprint density at radius 1 is 1.31 bits per heavy atom. The van der Waals surface area contributed by atoms with Crippen molar-refractivity contribution in [3.8, 4) is 0 Å². The minimum Gasteiger partial charge on any atom is -0.369 e. The standard InChI is InChI=1S/C20H35N5.HI/c1-6-24(16(2)3)14-12-22-20(21-5)23-18-11-13-25(15-18)19-9-7-17(4)8-10-19;/h7-10,16,18H,6,11-15H2,1-5H3,(H2,21,22,23);1H. The lowest BCUT2D eigenvalue weighted by molar-refractivity contribution is 0.237. The second-order valence-corrected chi connectivity index (χ2v) is 7.13. The van der Waals surface area contributed by atoms with Crippen LogP contribution in [0.1, 0.15) is 32.8 Å². The molecule has 6 heteroatoms. The van der Waals surface area contributed by atoms with Gasteiger partial charge in [0, 0.05) is 51.0 Å². The quantitative estimate of drug-likeness (QED) is 0.363. The molecule has 0 spiro atoms. The molecule has 1 unspecified atom stereocenters. The monoisotopic (exact) mass is 473 g/mol. The lowest BCUT2D eigenvalue weighted by Crippen LogP contribution is -2.47. The topological polar surface area (TPSA) is 42.9 Å². The lowest BCUT2D eigenvalue weighted by atomic mass is 10.2. The molecule has 0 aromatic heterocycles. The van der Waals surface area contributed by atoms with Crippen molar-refractivity contribution in [2.45, 2.75) is 46.2 Å². The largest absolute Gasteiger partial charge is 0.369 e. The number of benzene rings is 1. The van der Waals surface area contributed by atoms with Crippen LogP contribution >= 0.6 is 24.0 Å². The van der Waals surface area contributed by atoms with E-state index in [4.69, 9.17) is 0 Å². The van der Waals surface area contributed by atoms with Crippen molar-refractivity contribution in [1.82, 2.24) is 15.5 Å². The molecule has 1 aromatic rings. The van der Waals surface area contributed by atoms with Crippen molar-refractivity contribution in [3.63, 3.8) is 0 Å². The summed E-state index contributed by atoms with van der Waals surface area (Å²) in [4.78, 5) is 9.29. The molecule has 0 radical (unpaired) electrons. The Bertz CT molecular complexity index is 544. The van der Waals surface area contributed by atoms with Gasteiger partial charge in [-0.1, -0.05) is 24.6 Å². The molecule has 5 nitrogen and oxygen atoms in total. The molecule has 1 aliphatic rings. The number of guanidine groups is 1. The van der Waals surface area contributed by atoms with Crippen molar-refractivity contribution in [3.05, 3.63) is 29.8 Å². The molecule has 0 aliphatic carbocycles. The highest BCUT2D eigenvalue weighted by Crippen LogP contribution is 2.20.